The van der Waals surface area contributed by atoms with E-state index in [0.717, 1.165) is 37.3 Å². The average molecular weight is 284 g/mol. The zero-order valence-corrected chi connectivity index (χ0v) is 11.8. The van der Waals surface area contributed by atoms with Crippen molar-refractivity contribution in [2.75, 3.05) is 18.0 Å². The van der Waals surface area contributed by atoms with Crippen molar-refractivity contribution >= 4 is 5.69 Å². The Kier molecular flexibility index (Phi) is 3.44. The van der Waals surface area contributed by atoms with Crippen LogP contribution < -0.4 is 10.6 Å². The number of anilines is 1. The molecule has 2 aromatic heterocycles. The van der Waals surface area contributed by atoms with E-state index in [0.29, 0.717) is 11.4 Å². The molecule has 0 spiro atoms. The lowest BCUT2D eigenvalue weighted by Gasteiger charge is -2.33. The fraction of sp³-hybridized carbons (Fsp3) is 0.429. The molecule has 2 N–H and O–H groups in total. The molecule has 3 rings (SSSR count). The van der Waals surface area contributed by atoms with Crippen LogP contribution in [-0.2, 0) is 0 Å². The van der Waals surface area contributed by atoms with E-state index in [4.69, 9.17) is 0 Å². The third-order valence-electron chi connectivity index (χ3n) is 3.81. The first-order chi connectivity index (χ1) is 10.2. The molecule has 1 fully saturated rings. The molecule has 0 bridgehead atoms. The molecule has 21 heavy (non-hydrogen) atoms. The number of nitrogens with zero attached hydrogens (tertiary/aromatic N) is 4. The summed E-state index contributed by atoms with van der Waals surface area (Å²) in [5, 5.41) is 15.7. The quantitative estimate of drug-likeness (QED) is 0.858. The molecule has 1 aliphatic rings. The summed E-state index contributed by atoms with van der Waals surface area (Å²) >= 11 is 0. The molecule has 7 nitrogen and oxygen atoms in total. The van der Waals surface area contributed by atoms with E-state index < -0.39 is 0 Å². The third-order valence-corrected chi connectivity index (χ3v) is 3.81. The van der Waals surface area contributed by atoms with Crippen molar-refractivity contribution in [3.05, 3.63) is 39.8 Å². The van der Waals surface area contributed by atoms with Crippen molar-refractivity contribution in [3.8, 4) is 6.07 Å². The molecule has 7 heteroatoms. The normalized spacial score (nSPS) is 18.5. The fourth-order valence-corrected chi connectivity index (χ4v) is 2.79. The van der Waals surface area contributed by atoms with E-state index in [2.05, 4.69) is 31.1 Å². The molecule has 3 heterocycles. The summed E-state index contributed by atoms with van der Waals surface area (Å²) in [6.45, 7) is 3.54. The van der Waals surface area contributed by atoms with Crippen LogP contribution in [0.1, 0.15) is 35.8 Å². The first kappa shape index (κ1) is 13.4. The van der Waals surface area contributed by atoms with Gasteiger partial charge in [-0.1, -0.05) is 0 Å². The van der Waals surface area contributed by atoms with Gasteiger partial charge in [0, 0.05) is 30.9 Å². The Balaban J connectivity index is 1.88. The summed E-state index contributed by atoms with van der Waals surface area (Å²) in [7, 11) is 0. The van der Waals surface area contributed by atoms with Crippen LogP contribution in [0.4, 0.5) is 5.69 Å². The van der Waals surface area contributed by atoms with Crippen molar-refractivity contribution in [1.82, 2.24) is 20.2 Å². The highest BCUT2D eigenvalue weighted by Crippen LogP contribution is 2.29. The summed E-state index contributed by atoms with van der Waals surface area (Å²) in [5.74, 6) is 0.853. The van der Waals surface area contributed by atoms with Crippen LogP contribution in [0.3, 0.4) is 0 Å². The number of pyridine rings is 1. The second kappa shape index (κ2) is 5.40. The number of piperidine rings is 1. The van der Waals surface area contributed by atoms with Crippen molar-refractivity contribution < 1.29 is 0 Å². The molecular weight excluding hydrogens is 268 g/mol. The van der Waals surface area contributed by atoms with E-state index in [9.17, 15) is 10.1 Å². The van der Waals surface area contributed by atoms with E-state index in [1.54, 1.807) is 6.20 Å². The van der Waals surface area contributed by atoms with Crippen LogP contribution in [0.2, 0.25) is 0 Å². The molecule has 1 atom stereocenters. The first-order valence-corrected chi connectivity index (χ1v) is 6.93. The monoisotopic (exact) mass is 284 g/mol. The number of aryl methyl sites for hydroxylation is 1. The van der Waals surface area contributed by atoms with Gasteiger partial charge in [-0.2, -0.15) is 10.4 Å². The largest absolute Gasteiger partial charge is 0.370 e. The Bertz CT molecular complexity index is 740. The molecule has 1 aliphatic heterocycles. The van der Waals surface area contributed by atoms with Gasteiger partial charge in [-0.25, -0.2) is 9.89 Å². The standard InChI is InChI=1S/C14H16N6O/c1-9-5-12(11(6-15)7-16-9)20-4-2-3-10(8-20)13-17-14(21)19-18-13/h5,7,10H,2-4,8H2,1H3,(H2,17,18,19,21)/t10-/m1/s1. The fourth-order valence-electron chi connectivity index (χ4n) is 2.79. The highest BCUT2D eigenvalue weighted by Gasteiger charge is 2.25. The van der Waals surface area contributed by atoms with Crippen LogP contribution in [0.15, 0.2) is 17.1 Å². The molecule has 0 amide bonds. The van der Waals surface area contributed by atoms with Crippen LogP contribution >= 0.6 is 0 Å². The van der Waals surface area contributed by atoms with Gasteiger partial charge in [0.1, 0.15) is 11.9 Å². The number of nitrogens with one attached hydrogen (secondary N) is 2. The summed E-state index contributed by atoms with van der Waals surface area (Å²) in [5.41, 5.74) is 2.10. The van der Waals surface area contributed by atoms with Crippen LogP contribution in [0.5, 0.6) is 0 Å². The Labute approximate surface area is 121 Å². The Morgan fingerprint density at radius 1 is 1.52 bits per heavy atom. The molecule has 0 radical (unpaired) electrons. The van der Waals surface area contributed by atoms with E-state index in [1.807, 2.05) is 13.0 Å². The molecule has 1 saturated heterocycles. The number of H-pyrrole nitrogens is 2. The predicted molar refractivity (Wildman–Crippen MR) is 77.1 cm³/mol. The highest BCUT2D eigenvalue weighted by molar-refractivity contribution is 5.59. The lowest BCUT2D eigenvalue weighted by Crippen LogP contribution is -2.35. The van der Waals surface area contributed by atoms with Crippen LogP contribution in [-0.4, -0.2) is 33.3 Å². The van der Waals surface area contributed by atoms with Gasteiger partial charge in [-0.3, -0.25) is 9.97 Å². The summed E-state index contributed by atoms with van der Waals surface area (Å²) in [4.78, 5) is 20.3. The first-order valence-electron chi connectivity index (χ1n) is 6.93. The van der Waals surface area contributed by atoms with E-state index in [-0.39, 0.29) is 11.6 Å². The minimum atomic E-state index is -0.278. The van der Waals surface area contributed by atoms with E-state index in [1.165, 1.54) is 0 Å². The number of nitriles is 1. The minimum absolute atomic E-state index is 0.165. The van der Waals surface area contributed by atoms with Gasteiger partial charge in [-0.15, -0.1) is 0 Å². The number of hydrogen-bond acceptors (Lipinski definition) is 5. The lowest BCUT2D eigenvalue weighted by atomic mass is 9.96. The van der Waals surface area contributed by atoms with Crippen molar-refractivity contribution in [2.45, 2.75) is 25.7 Å². The molecule has 2 aromatic rings. The van der Waals surface area contributed by atoms with Crippen molar-refractivity contribution in [1.29, 1.82) is 5.26 Å². The van der Waals surface area contributed by atoms with Gasteiger partial charge in [0.05, 0.1) is 11.3 Å². The smallest absolute Gasteiger partial charge is 0.340 e. The molecule has 0 aromatic carbocycles. The number of aromatic amines is 2. The van der Waals surface area contributed by atoms with Crippen molar-refractivity contribution in [3.63, 3.8) is 0 Å². The zero-order valence-electron chi connectivity index (χ0n) is 11.8. The summed E-state index contributed by atoms with van der Waals surface area (Å²) in [6.07, 6.45) is 3.58. The maximum atomic E-state index is 11.2. The predicted octanol–water partition coefficient (Wildman–Crippen LogP) is 1.06. The number of aromatic nitrogens is 4. The van der Waals surface area contributed by atoms with Crippen molar-refractivity contribution in [2.24, 2.45) is 0 Å². The van der Waals surface area contributed by atoms with Gasteiger partial charge < -0.3 is 4.90 Å². The van der Waals surface area contributed by atoms with Crippen LogP contribution in [0, 0.1) is 18.3 Å². The van der Waals surface area contributed by atoms with Gasteiger partial charge >= 0.3 is 5.69 Å². The highest BCUT2D eigenvalue weighted by atomic mass is 16.1. The van der Waals surface area contributed by atoms with E-state index >= 15 is 0 Å². The topological polar surface area (TPSA) is 101 Å². The maximum absolute atomic E-state index is 11.2. The molecule has 0 saturated carbocycles. The molecule has 108 valence electrons. The maximum Gasteiger partial charge on any atom is 0.340 e. The third kappa shape index (κ3) is 2.65. The van der Waals surface area contributed by atoms with Gasteiger partial charge in [0.25, 0.3) is 0 Å². The number of hydrogen-bond donors (Lipinski definition) is 2. The Morgan fingerprint density at radius 3 is 3.10 bits per heavy atom. The second-order valence-electron chi connectivity index (χ2n) is 5.30. The summed E-state index contributed by atoms with van der Waals surface area (Å²) < 4.78 is 0. The Morgan fingerprint density at radius 2 is 2.38 bits per heavy atom. The summed E-state index contributed by atoms with van der Waals surface area (Å²) in [6, 6.07) is 4.13. The zero-order chi connectivity index (χ0) is 14.8. The Hall–Kier alpha value is -2.62. The lowest BCUT2D eigenvalue weighted by molar-refractivity contribution is 0.492. The minimum Gasteiger partial charge on any atom is -0.370 e. The van der Waals surface area contributed by atoms with Gasteiger partial charge in [0.2, 0.25) is 0 Å². The molecule has 0 unspecified atom stereocenters. The average Bonchev–Trinajstić information content (AvgIpc) is 2.94. The molecule has 0 aliphatic carbocycles. The van der Waals surface area contributed by atoms with Crippen LogP contribution in [0.25, 0.3) is 0 Å². The van der Waals surface area contributed by atoms with Gasteiger partial charge in [-0.05, 0) is 25.8 Å². The van der Waals surface area contributed by atoms with Gasteiger partial charge in [0.15, 0.2) is 0 Å². The second-order valence-corrected chi connectivity index (χ2v) is 5.30. The number of rotatable bonds is 2. The molecular formula is C14H16N6O. The SMILES string of the molecule is Cc1cc(N2CCC[C@@H](c3n[nH]c(=O)[nH]3)C2)c(C#N)cn1.